The van der Waals surface area contributed by atoms with Crippen LogP contribution >= 0.6 is 0 Å². The highest BCUT2D eigenvalue weighted by Crippen LogP contribution is 2.24. The van der Waals surface area contributed by atoms with E-state index in [4.69, 9.17) is 14.2 Å². The van der Waals surface area contributed by atoms with Crippen LogP contribution in [0.15, 0.2) is 48.7 Å². The third kappa shape index (κ3) is 4.98. The molecule has 0 spiro atoms. The Morgan fingerprint density at radius 1 is 1.14 bits per heavy atom. The summed E-state index contributed by atoms with van der Waals surface area (Å²) in [4.78, 5) is 29.4. The summed E-state index contributed by atoms with van der Waals surface area (Å²) in [6.45, 7) is 0.865. The second kappa shape index (κ2) is 9.18. The molecule has 0 aliphatic carbocycles. The lowest BCUT2D eigenvalue weighted by atomic mass is 9.89. The maximum atomic E-state index is 13.0. The normalized spacial score (nSPS) is 15.3. The van der Waals surface area contributed by atoms with Crippen LogP contribution in [-0.2, 0) is 20.9 Å². The van der Waals surface area contributed by atoms with E-state index in [1.807, 2.05) is 30.3 Å². The Bertz CT molecular complexity index is 789. The number of hydrogen-bond donors (Lipinski definition) is 2. The third-order valence-corrected chi connectivity index (χ3v) is 4.54. The van der Waals surface area contributed by atoms with Gasteiger partial charge in [-0.3, -0.25) is 4.79 Å². The maximum Gasteiger partial charge on any atom is 0.408 e. The second-order valence-electron chi connectivity index (χ2n) is 6.42. The van der Waals surface area contributed by atoms with Crippen molar-refractivity contribution < 1.29 is 23.8 Å². The number of rotatable bonds is 6. The monoisotopic (exact) mass is 385 g/mol. The van der Waals surface area contributed by atoms with Crippen molar-refractivity contribution in [3.63, 3.8) is 0 Å². The number of alkyl carbamates (subject to hydrolysis) is 1. The van der Waals surface area contributed by atoms with E-state index in [0.29, 0.717) is 37.6 Å². The number of amides is 2. The molecule has 1 fully saturated rings. The summed E-state index contributed by atoms with van der Waals surface area (Å²) in [6.07, 6.45) is 1.55. The number of hydrogen-bond acceptors (Lipinski definition) is 6. The van der Waals surface area contributed by atoms with Crippen LogP contribution in [0.2, 0.25) is 0 Å². The SMILES string of the molecule is COc1ccc(NC(=O)C2(NC(=O)OCc3ccccc3)CCOCC2)cn1. The highest BCUT2D eigenvalue weighted by atomic mass is 16.5. The van der Waals surface area contributed by atoms with Gasteiger partial charge in [-0.25, -0.2) is 9.78 Å². The van der Waals surface area contributed by atoms with Crippen LogP contribution < -0.4 is 15.4 Å². The maximum absolute atomic E-state index is 13.0. The Balaban J connectivity index is 1.64. The van der Waals surface area contributed by atoms with Gasteiger partial charge >= 0.3 is 6.09 Å². The summed E-state index contributed by atoms with van der Waals surface area (Å²) >= 11 is 0. The van der Waals surface area contributed by atoms with Crippen LogP contribution in [0.3, 0.4) is 0 Å². The van der Waals surface area contributed by atoms with Crippen molar-refractivity contribution in [3.8, 4) is 5.88 Å². The zero-order chi connectivity index (χ0) is 19.8. The minimum atomic E-state index is -1.11. The fourth-order valence-corrected chi connectivity index (χ4v) is 2.91. The number of carbonyl (C=O) groups excluding carboxylic acids is 2. The number of nitrogens with one attached hydrogen (secondary N) is 2. The highest BCUT2D eigenvalue weighted by Gasteiger charge is 2.42. The van der Waals surface area contributed by atoms with Gasteiger partial charge in [0.25, 0.3) is 0 Å². The average molecular weight is 385 g/mol. The molecule has 28 heavy (non-hydrogen) atoms. The van der Waals surface area contributed by atoms with Crippen LogP contribution in [0.5, 0.6) is 5.88 Å². The van der Waals surface area contributed by atoms with Gasteiger partial charge in [-0.05, 0) is 11.6 Å². The molecule has 0 unspecified atom stereocenters. The molecule has 3 rings (SSSR count). The minimum Gasteiger partial charge on any atom is -0.481 e. The fourth-order valence-electron chi connectivity index (χ4n) is 2.91. The summed E-state index contributed by atoms with van der Waals surface area (Å²) in [5.74, 6) is 0.112. The lowest BCUT2D eigenvalue weighted by Crippen LogP contribution is -2.59. The molecule has 1 aliphatic heterocycles. The number of anilines is 1. The molecule has 8 nitrogen and oxygen atoms in total. The van der Waals surface area contributed by atoms with Gasteiger partial charge in [-0.2, -0.15) is 0 Å². The molecule has 0 atom stereocenters. The van der Waals surface area contributed by atoms with Gasteiger partial charge in [0.05, 0.1) is 19.0 Å². The molecule has 8 heteroatoms. The molecule has 2 amide bonds. The van der Waals surface area contributed by atoms with Crippen LogP contribution in [0, 0.1) is 0 Å². The Kier molecular flexibility index (Phi) is 6.44. The first kappa shape index (κ1) is 19.6. The summed E-state index contributed by atoms with van der Waals surface area (Å²) in [5.41, 5.74) is 0.273. The average Bonchev–Trinajstić information content (AvgIpc) is 2.74. The zero-order valence-electron chi connectivity index (χ0n) is 15.6. The Morgan fingerprint density at radius 2 is 1.89 bits per heavy atom. The molecule has 1 saturated heterocycles. The molecular formula is C20H23N3O5. The topological polar surface area (TPSA) is 98.8 Å². The smallest absolute Gasteiger partial charge is 0.408 e. The lowest BCUT2D eigenvalue weighted by Gasteiger charge is -2.35. The molecular weight excluding hydrogens is 362 g/mol. The van der Waals surface area contributed by atoms with E-state index >= 15 is 0 Å². The van der Waals surface area contributed by atoms with Crippen molar-refractivity contribution in [3.05, 3.63) is 54.2 Å². The first-order valence-electron chi connectivity index (χ1n) is 8.99. The molecule has 0 radical (unpaired) electrons. The number of nitrogens with zero attached hydrogens (tertiary/aromatic N) is 1. The second-order valence-corrected chi connectivity index (χ2v) is 6.42. The van der Waals surface area contributed by atoms with Gasteiger partial charge in [0.1, 0.15) is 12.1 Å². The number of ether oxygens (including phenoxy) is 3. The highest BCUT2D eigenvalue weighted by molar-refractivity contribution is 6.00. The molecule has 0 saturated carbocycles. The van der Waals surface area contributed by atoms with Crippen LogP contribution in [0.4, 0.5) is 10.5 Å². The number of aromatic nitrogens is 1. The molecule has 2 N–H and O–H groups in total. The first-order chi connectivity index (χ1) is 13.6. The van der Waals surface area contributed by atoms with E-state index < -0.39 is 11.6 Å². The zero-order valence-corrected chi connectivity index (χ0v) is 15.6. The standard InChI is InChI=1S/C20H23N3O5/c1-26-17-8-7-16(13-21-17)22-18(24)20(9-11-27-12-10-20)23-19(25)28-14-15-5-3-2-4-6-15/h2-8,13H,9-12,14H2,1H3,(H,22,24)(H,23,25). The van der Waals surface area contributed by atoms with E-state index in [-0.39, 0.29) is 12.5 Å². The molecule has 0 bridgehead atoms. The Morgan fingerprint density at radius 3 is 2.54 bits per heavy atom. The van der Waals surface area contributed by atoms with Crippen molar-refractivity contribution in [2.75, 3.05) is 25.6 Å². The predicted octanol–water partition coefficient (Wildman–Crippen LogP) is 2.50. The summed E-state index contributed by atoms with van der Waals surface area (Å²) in [6, 6.07) is 12.7. The van der Waals surface area contributed by atoms with E-state index in [1.54, 1.807) is 12.1 Å². The predicted molar refractivity (Wildman–Crippen MR) is 102 cm³/mol. The van der Waals surface area contributed by atoms with Gasteiger partial charge in [0, 0.05) is 32.1 Å². The molecule has 2 aromatic rings. The quantitative estimate of drug-likeness (QED) is 0.793. The number of benzene rings is 1. The van der Waals surface area contributed by atoms with Crippen molar-refractivity contribution in [2.45, 2.75) is 25.0 Å². The van der Waals surface area contributed by atoms with Crippen LogP contribution in [0.25, 0.3) is 0 Å². The lowest BCUT2D eigenvalue weighted by molar-refractivity contribution is -0.126. The molecule has 2 heterocycles. The summed E-state index contributed by atoms with van der Waals surface area (Å²) in [7, 11) is 1.52. The number of methoxy groups -OCH3 is 1. The van der Waals surface area contributed by atoms with Gasteiger partial charge in [-0.1, -0.05) is 30.3 Å². The van der Waals surface area contributed by atoms with E-state index in [9.17, 15) is 9.59 Å². The summed E-state index contributed by atoms with van der Waals surface area (Å²) < 4.78 is 15.7. The van der Waals surface area contributed by atoms with E-state index in [1.165, 1.54) is 13.3 Å². The van der Waals surface area contributed by atoms with Crippen molar-refractivity contribution >= 4 is 17.7 Å². The van der Waals surface area contributed by atoms with Gasteiger partial charge in [-0.15, -0.1) is 0 Å². The van der Waals surface area contributed by atoms with Crippen LogP contribution in [0.1, 0.15) is 18.4 Å². The largest absolute Gasteiger partial charge is 0.481 e. The molecule has 1 aromatic heterocycles. The first-order valence-corrected chi connectivity index (χ1v) is 8.99. The number of carbonyl (C=O) groups is 2. The minimum absolute atomic E-state index is 0.128. The molecule has 1 aromatic carbocycles. The summed E-state index contributed by atoms with van der Waals surface area (Å²) in [5, 5.41) is 5.55. The van der Waals surface area contributed by atoms with E-state index in [0.717, 1.165) is 5.56 Å². The van der Waals surface area contributed by atoms with Crippen LogP contribution in [-0.4, -0.2) is 42.8 Å². The molecule has 148 valence electrons. The van der Waals surface area contributed by atoms with Gasteiger partial charge < -0.3 is 24.8 Å². The molecule has 1 aliphatic rings. The Hall–Kier alpha value is -3.13. The number of pyridine rings is 1. The van der Waals surface area contributed by atoms with Crippen molar-refractivity contribution in [2.24, 2.45) is 0 Å². The van der Waals surface area contributed by atoms with E-state index in [2.05, 4.69) is 15.6 Å². The van der Waals surface area contributed by atoms with Gasteiger partial charge in [0.2, 0.25) is 11.8 Å². The van der Waals surface area contributed by atoms with Gasteiger partial charge in [0.15, 0.2) is 0 Å². The van der Waals surface area contributed by atoms with Crippen molar-refractivity contribution in [1.29, 1.82) is 0 Å². The fraction of sp³-hybridized carbons (Fsp3) is 0.350. The third-order valence-electron chi connectivity index (χ3n) is 4.54. The van der Waals surface area contributed by atoms with Crippen molar-refractivity contribution in [1.82, 2.24) is 10.3 Å². The Labute approximate surface area is 163 Å².